The van der Waals surface area contributed by atoms with Gasteiger partial charge < -0.3 is 14.5 Å². The van der Waals surface area contributed by atoms with E-state index in [9.17, 15) is 4.39 Å². The molecule has 1 aromatic carbocycles. The van der Waals surface area contributed by atoms with Crippen molar-refractivity contribution in [2.24, 2.45) is 0 Å². The maximum Gasteiger partial charge on any atom is 0.166 e. The molecule has 0 bridgehead atoms. The number of hydrogen-bond acceptors (Lipinski definition) is 3. The summed E-state index contributed by atoms with van der Waals surface area (Å²) in [7, 11) is 0. The number of ether oxygens (including phenoxy) is 1. The third-order valence-electron chi connectivity index (χ3n) is 2.79. The minimum atomic E-state index is -0.385. The highest BCUT2D eigenvalue weighted by atomic mass is 79.9. The molecule has 0 unspecified atom stereocenters. The molecule has 1 heterocycles. The smallest absolute Gasteiger partial charge is 0.166 e. The second-order valence-corrected chi connectivity index (χ2v) is 5.68. The van der Waals surface area contributed by atoms with Crippen molar-refractivity contribution >= 4 is 15.9 Å². The van der Waals surface area contributed by atoms with Crippen LogP contribution in [-0.4, -0.2) is 6.04 Å². The number of hydrogen-bond donors (Lipinski definition) is 1. The minimum absolute atomic E-state index is 0.233. The summed E-state index contributed by atoms with van der Waals surface area (Å²) < 4.78 is 25.2. The van der Waals surface area contributed by atoms with Crippen LogP contribution < -0.4 is 10.1 Å². The number of rotatable bonds is 6. The van der Waals surface area contributed by atoms with Gasteiger partial charge in [0.25, 0.3) is 0 Å². The summed E-state index contributed by atoms with van der Waals surface area (Å²) in [5.74, 6) is 0.665. The van der Waals surface area contributed by atoms with Gasteiger partial charge in [-0.3, -0.25) is 0 Å². The van der Waals surface area contributed by atoms with E-state index in [1.54, 1.807) is 18.4 Å². The molecule has 0 aliphatic rings. The maximum absolute atomic E-state index is 13.6. The van der Waals surface area contributed by atoms with Crippen LogP contribution in [0.4, 0.5) is 4.39 Å². The molecule has 20 heavy (non-hydrogen) atoms. The van der Waals surface area contributed by atoms with Gasteiger partial charge in [0, 0.05) is 16.1 Å². The van der Waals surface area contributed by atoms with Gasteiger partial charge in [-0.05, 0) is 24.3 Å². The van der Waals surface area contributed by atoms with Gasteiger partial charge in [-0.1, -0.05) is 29.8 Å². The summed E-state index contributed by atoms with van der Waals surface area (Å²) in [6.07, 6.45) is 1.62. The standard InChI is InChI=1S/C15H17BrFNO2/c1-10(2)18-8-15-11(5-6-19-15)9-20-14-4-3-12(16)7-13(14)17/h3-7,10,18H,8-9H2,1-2H3. The summed E-state index contributed by atoms with van der Waals surface area (Å²) in [5, 5.41) is 3.28. The predicted octanol–water partition coefficient (Wildman–Crippen LogP) is 4.26. The van der Waals surface area contributed by atoms with Crippen LogP contribution in [0.3, 0.4) is 0 Å². The summed E-state index contributed by atoms with van der Waals surface area (Å²) in [6, 6.07) is 6.94. The van der Waals surface area contributed by atoms with E-state index in [4.69, 9.17) is 9.15 Å². The molecule has 1 N–H and O–H groups in total. The summed E-state index contributed by atoms with van der Waals surface area (Å²) in [5.41, 5.74) is 0.917. The maximum atomic E-state index is 13.6. The molecule has 0 saturated carbocycles. The number of halogens is 2. The van der Waals surface area contributed by atoms with Crippen molar-refractivity contribution in [2.45, 2.75) is 33.0 Å². The Kier molecular flexibility index (Phi) is 5.20. The third-order valence-corrected chi connectivity index (χ3v) is 3.28. The second kappa shape index (κ2) is 6.90. The third kappa shape index (κ3) is 4.08. The van der Waals surface area contributed by atoms with Gasteiger partial charge in [0.2, 0.25) is 0 Å². The second-order valence-electron chi connectivity index (χ2n) is 4.77. The summed E-state index contributed by atoms with van der Waals surface area (Å²) >= 11 is 3.21. The first kappa shape index (κ1) is 15.1. The molecule has 108 valence electrons. The van der Waals surface area contributed by atoms with Crippen molar-refractivity contribution < 1.29 is 13.5 Å². The van der Waals surface area contributed by atoms with E-state index in [1.165, 1.54) is 6.07 Å². The van der Waals surface area contributed by atoms with Gasteiger partial charge in [-0.2, -0.15) is 0 Å². The van der Waals surface area contributed by atoms with Crippen LogP contribution >= 0.6 is 15.9 Å². The molecule has 0 saturated heterocycles. The van der Waals surface area contributed by atoms with Crippen LogP contribution in [0, 0.1) is 5.82 Å². The zero-order chi connectivity index (χ0) is 14.5. The molecular weight excluding hydrogens is 325 g/mol. The van der Waals surface area contributed by atoms with Crippen LogP contribution in [0.5, 0.6) is 5.75 Å². The highest BCUT2D eigenvalue weighted by Crippen LogP contribution is 2.23. The van der Waals surface area contributed by atoms with E-state index >= 15 is 0 Å². The molecule has 0 fully saturated rings. The van der Waals surface area contributed by atoms with E-state index < -0.39 is 0 Å². The molecule has 2 aromatic rings. The fraction of sp³-hybridized carbons (Fsp3) is 0.333. The lowest BCUT2D eigenvalue weighted by Gasteiger charge is -2.09. The van der Waals surface area contributed by atoms with Gasteiger partial charge in [-0.25, -0.2) is 4.39 Å². The first-order chi connectivity index (χ1) is 9.56. The molecule has 5 heteroatoms. The van der Waals surface area contributed by atoms with Gasteiger partial charge in [0.1, 0.15) is 12.4 Å². The van der Waals surface area contributed by atoms with Crippen LogP contribution in [0.1, 0.15) is 25.2 Å². The lowest BCUT2D eigenvalue weighted by molar-refractivity contribution is 0.286. The lowest BCUT2D eigenvalue weighted by atomic mass is 10.2. The zero-order valence-corrected chi connectivity index (χ0v) is 13.0. The molecular formula is C15H17BrFNO2. The molecule has 0 spiro atoms. The van der Waals surface area contributed by atoms with Crippen LogP contribution in [0.2, 0.25) is 0 Å². The molecule has 1 aromatic heterocycles. The summed E-state index contributed by atoms with van der Waals surface area (Å²) in [6.45, 7) is 5.04. The Morgan fingerprint density at radius 3 is 2.85 bits per heavy atom. The van der Waals surface area contributed by atoms with Crippen molar-refractivity contribution in [3.63, 3.8) is 0 Å². The van der Waals surface area contributed by atoms with Crippen molar-refractivity contribution in [3.05, 3.63) is 52.1 Å². The molecule has 0 aliphatic heterocycles. The fourth-order valence-corrected chi connectivity index (χ4v) is 2.03. The van der Waals surface area contributed by atoms with E-state index in [0.717, 1.165) is 11.3 Å². The molecule has 0 radical (unpaired) electrons. The van der Waals surface area contributed by atoms with Crippen LogP contribution in [0.15, 0.2) is 39.4 Å². The first-order valence-electron chi connectivity index (χ1n) is 6.42. The fourth-order valence-electron chi connectivity index (χ4n) is 1.70. The van der Waals surface area contributed by atoms with Crippen LogP contribution in [-0.2, 0) is 13.2 Å². The van der Waals surface area contributed by atoms with Gasteiger partial charge in [0.15, 0.2) is 11.6 Å². The average Bonchev–Trinajstić information content (AvgIpc) is 2.83. The Hall–Kier alpha value is -1.33. The van der Waals surface area contributed by atoms with E-state index in [-0.39, 0.29) is 18.2 Å². The number of nitrogens with one attached hydrogen (secondary N) is 1. The monoisotopic (exact) mass is 341 g/mol. The van der Waals surface area contributed by atoms with Crippen LogP contribution in [0.25, 0.3) is 0 Å². The normalized spacial score (nSPS) is 11.1. The highest BCUT2D eigenvalue weighted by Gasteiger charge is 2.09. The summed E-state index contributed by atoms with van der Waals surface area (Å²) in [4.78, 5) is 0. The van der Waals surface area contributed by atoms with Crippen molar-refractivity contribution in [2.75, 3.05) is 0 Å². The Morgan fingerprint density at radius 1 is 1.35 bits per heavy atom. The van der Waals surface area contributed by atoms with E-state index in [1.807, 2.05) is 6.07 Å². The van der Waals surface area contributed by atoms with Gasteiger partial charge >= 0.3 is 0 Å². The largest absolute Gasteiger partial charge is 0.486 e. The Labute approximate surface area is 126 Å². The predicted molar refractivity (Wildman–Crippen MR) is 79.1 cm³/mol. The average molecular weight is 342 g/mol. The minimum Gasteiger partial charge on any atom is -0.486 e. The SMILES string of the molecule is CC(C)NCc1occc1COc1ccc(Br)cc1F. The van der Waals surface area contributed by atoms with E-state index in [0.29, 0.717) is 17.1 Å². The Bertz CT molecular complexity index is 569. The van der Waals surface area contributed by atoms with Gasteiger partial charge in [0.05, 0.1) is 12.8 Å². The quantitative estimate of drug-likeness (QED) is 0.852. The highest BCUT2D eigenvalue weighted by molar-refractivity contribution is 9.10. The van der Waals surface area contributed by atoms with Gasteiger partial charge in [-0.15, -0.1) is 0 Å². The number of furan rings is 1. The topological polar surface area (TPSA) is 34.4 Å². The van der Waals surface area contributed by atoms with E-state index in [2.05, 4.69) is 35.1 Å². The molecule has 2 rings (SSSR count). The zero-order valence-electron chi connectivity index (χ0n) is 11.5. The van der Waals surface area contributed by atoms with Crippen molar-refractivity contribution in [3.8, 4) is 5.75 Å². The Balaban J connectivity index is 1.98. The van der Waals surface area contributed by atoms with Crippen molar-refractivity contribution in [1.82, 2.24) is 5.32 Å². The molecule has 0 amide bonds. The first-order valence-corrected chi connectivity index (χ1v) is 7.22. The number of benzene rings is 1. The van der Waals surface area contributed by atoms with Crippen molar-refractivity contribution in [1.29, 1.82) is 0 Å². The lowest BCUT2D eigenvalue weighted by Crippen LogP contribution is -2.22. The molecule has 0 aliphatic carbocycles. The molecule has 3 nitrogen and oxygen atoms in total. The Morgan fingerprint density at radius 2 is 2.15 bits per heavy atom. The molecule has 0 atom stereocenters.